The zero-order valence-corrected chi connectivity index (χ0v) is 10.9. The van der Waals surface area contributed by atoms with Gasteiger partial charge in [-0.1, -0.05) is 13.8 Å². The van der Waals surface area contributed by atoms with Crippen LogP contribution in [0.1, 0.15) is 33.6 Å². The summed E-state index contributed by atoms with van der Waals surface area (Å²) in [4.78, 5) is 0. The highest BCUT2D eigenvalue weighted by molar-refractivity contribution is 4.49. The highest BCUT2D eigenvalue weighted by Gasteiger charge is 2.10. The van der Waals surface area contributed by atoms with E-state index in [4.69, 9.17) is 29.9 Å². The third-order valence-electron chi connectivity index (χ3n) is 1.71. The van der Waals surface area contributed by atoms with Crippen LogP contribution in [0.25, 0.3) is 0 Å². The summed E-state index contributed by atoms with van der Waals surface area (Å²) in [5.74, 6) is 0. The molecule has 0 bridgehead atoms. The predicted octanol–water partition coefficient (Wildman–Crippen LogP) is -0.164. The van der Waals surface area contributed by atoms with Crippen LogP contribution in [0.3, 0.4) is 0 Å². The lowest BCUT2D eigenvalue weighted by Gasteiger charge is -2.18. The molecule has 106 valence electrons. The number of hydrogen-bond donors (Lipinski definition) is 4. The molecule has 0 aromatic carbocycles. The molecule has 0 saturated carbocycles. The predicted molar refractivity (Wildman–Crippen MR) is 63.3 cm³/mol. The van der Waals surface area contributed by atoms with Gasteiger partial charge in [-0.05, 0) is 19.8 Å². The molecular formula is C11H26O6. The Bertz CT molecular complexity index is 142. The maximum Gasteiger partial charge on any atom is 0.154 e. The maximum absolute atomic E-state index is 9.11. The molecular weight excluding hydrogens is 228 g/mol. The number of aliphatic hydroxyl groups excluding tert-OH is 4. The summed E-state index contributed by atoms with van der Waals surface area (Å²) in [6, 6.07) is 0. The van der Waals surface area contributed by atoms with Crippen molar-refractivity contribution in [2.24, 2.45) is 0 Å². The third-order valence-corrected chi connectivity index (χ3v) is 1.71. The molecule has 17 heavy (non-hydrogen) atoms. The normalized spacial score (nSPS) is 15.7. The molecule has 0 spiro atoms. The van der Waals surface area contributed by atoms with E-state index in [0.717, 1.165) is 0 Å². The van der Waals surface area contributed by atoms with E-state index in [1.54, 1.807) is 6.92 Å². The molecule has 6 heteroatoms. The van der Waals surface area contributed by atoms with Crippen molar-refractivity contribution in [3.05, 3.63) is 0 Å². The van der Waals surface area contributed by atoms with E-state index in [1.807, 2.05) is 13.8 Å². The molecule has 0 aliphatic heterocycles. The standard InChI is InChI=1S/C9H20O4.C2H6O2/c1-4-8(10)12-6-7(3)13-9(11)5-2;3-1-2-4/h7-11H,4-6H2,1-3H3;3-4H,1-2H2. The van der Waals surface area contributed by atoms with Crippen molar-refractivity contribution in [1.82, 2.24) is 0 Å². The Kier molecular flexibility index (Phi) is 15.5. The molecule has 0 rings (SSSR count). The molecule has 0 saturated heterocycles. The summed E-state index contributed by atoms with van der Waals surface area (Å²) in [6.45, 7) is 5.50. The van der Waals surface area contributed by atoms with E-state index in [1.165, 1.54) is 0 Å². The summed E-state index contributed by atoms with van der Waals surface area (Å²) in [5, 5.41) is 33.4. The van der Waals surface area contributed by atoms with Gasteiger partial charge in [-0.25, -0.2) is 0 Å². The van der Waals surface area contributed by atoms with Gasteiger partial charge >= 0.3 is 0 Å². The molecule has 3 atom stereocenters. The van der Waals surface area contributed by atoms with Crippen molar-refractivity contribution in [3.8, 4) is 0 Å². The summed E-state index contributed by atoms with van der Waals surface area (Å²) in [5.41, 5.74) is 0. The van der Waals surface area contributed by atoms with Crippen molar-refractivity contribution < 1.29 is 29.9 Å². The van der Waals surface area contributed by atoms with Gasteiger partial charge in [-0.2, -0.15) is 0 Å². The summed E-state index contributed by atoms with van der Waals surface area (Å²) < 4.78 is 10.1. The third kappa shape index (κ3) is 15.8. The molecule has 0 aromatic heterocycles. The van der Waals surface area contributed by atoms with Crippen LogP contribution < -0.4 is 0 Å². The van der Waals surface area contributed by atoms with Crippen LogP contribution in [-0.4, -0.2) is 58.9 Å². The number of aliphatic hydroxyl groups is 4. The molecule has 0 aliphatic rings. The average Bonchev–Trinajstić information content (AvgIpc) is 2.35. The molecule has 0 aliphatic carbocycles. The van der Waals surface area contributed by atoms with Crippen LogP contribution in [-0.2, 0) is 9.47 Å². The first kappa shape index (κ1) is 19.1. The Labute approximate surface area is 103 Å². The second-order valence-corrected chi connectivity index (χ2v) is 3.45. The number of hydrogen-bond acceptors (Lipinski definition) is 6. The summed E-state index contributed by atoms with van der Waals surface area (Å²) >= 11 is 0. The van der Waals surface area contributed by atoms with Gasteiger partial charge in [0, 0.05) is 0 Å². The smallest absolute Gasteiger partial charge is 0.154 e. The van der Waals surface area contributed by atoms with Gasteiger partial charge in [-0.3, -0.25) is 0 Å². The fraction of sp³-hybridized carbons (Fsp3) is 1.00. The highest BCUT2D eigenvalue weighted by atomic mass is 16.6. The summed E-state index contributed by atoms with van der Waals surface area (Å²) in [6.07, 6.45) is -0.553. The molecule has 3 unspecified atom stereocenters. The van der Waals surface area contributed by atoms with Crippen LogP contribution in [0.2, 0.25) is 0 Å². The minimum atomic E-state index is -0.739. The Balaban J connectivity index is 0. The van der Waals surface area contributed by atoms with Gasteiger partial charge in [0.25, 0.3) is 0 Å². The van der Waals surface area contributed by atoms with E-state index in [-0.39, 0.29) is 19.3 Å². The first-order valence-electron chi connectivity index (χ1n) is 5.86. The van der Waals surface area contributed by atoms with Gasteiger partial charge in [-0.15, -0.1) is 0 Å². The molecule has 6 nitrogen and oxygen atoms in total. The van der Waals surface area contributed by atoms with Crippen LogP contribution in [0, 0.1) is 0 Å². The molecule has 0 aromatic rings. The van der Waals surface area contributed by atoms with E-state index < -0.39 is 12.6 Å². The van der Waals surface area contributed by atoms with E-state index in [2.05, 4.69) is 0 Å². The monoisotopic (exact) mass is 254 g/mol. The quantitative estimate of drug-likeness (QED) is 0.449. The lowest BCUT2D eigenvalue weighted by Crippen LogP contribution is -2.25. The van der Waals surface area contributed by atoms with Gasteiger partial charge in [0.15, 0.2) is 12.6 Å². The topological polar surface area (TPSA) is 99.4 Å². The molecule has 0 heterocycles. The summed E-state index contributed by atoms with van der Waals surface area (Å²) in [7, 11) is 0. The average molecular weight is 254 g/mol. The molecule has 0 amide bonds. The second kappa shape index (κ2) is 13.8. The van der Waals surface area contributed by atoms with Gasteiger partial charge in [0.1, 0.15) is 0 Å². The molecule has 0 fully saturated rings. The maximum atomic E-state index is 9.11. The Hall–Kier alpha value is -0.240. The fourth-order valence-electron chi connectivity index (χ4n) is 0.768. The molecule has 0 radical (unpaired) electrons. The Morgan fingerprint density at radius 3 is 1.76 bits per heavy atom. The zero-order valence-electron chi connectivity index (χ0n) is 10.9. The molecule has 4 N–H and O–H groups in total. The fourth-order valence-corrected chi connectivity index (χ4v) is 0.768. The second-order valence-electron chi connectivity index (χ2n) is 3.45. The minimum Gasteiger partial charge on any atom is -0.394 e. The van der Waals surface area contributed by atoms with Crippen molar-refractivity contribution in [2.45, 2.75) is 52.3 Å². The minimum absolute atomic E-state index is 0.125. The van der Waals surface area contributed by atoms with Crippen molar-refractivity contribution in [3.63, 3.8) is 0 Å². The van der Waals surface area contributed by atoms with Crippen LogP contribution in [0.5, 0.6) is 0 Å². The first-order chi connectivity index (χ1) is 8.01. The Morgan fingerprint density at radius 2 is 1.41 bits per heavy atom. The van der Waals surface area contributed by atoms with E-state index in [9.17, 15) is 0 Å². The first-order valence-corrected chi connectivity index (χ1v) is 5.86. The van der Waals surface area contributed by atoms with Crippen molar-refractivity contribution in [2.75, 3.05) is 19.8 Å². The van der Waals surface area contributed by atoms with Crippen molar-refractivity contribution in [1.29, 1.82) is 0 Å². The zero-order chi connectivity index (χ0) is 13.7. The van der Waals surface area contributed by atoms with Crippen molar-refractivity contribution >= 4 is 0 Å². The number of rotatable bonds is 8. The largest absolute Gasteiger partial charge is 0.394 e. The lowest BCUT2D eigenvalue weighted by atomic mass is 10.4. The Morgan fingerprint density at radius 1 is 0.941 bits per heavy atom. The van der Waals surface area contributed by atoms with E-state index in [0.29, 0.717) is 19.4 Å². The van der Waals surface area contributed by atoms with Crippen LogP contribution in [0.15, 0.2) is 0 Å². The van der Waals surface area contributed by atoms with Gasteiger partial charge in [0.05, 0.1) is 25.9 Å². The SMILES string of the molecule is CCC(O)OCC(C)OC(O)CC.OCCO. The number of ether oxygens (including phenoxy) is 2. The van der Waals surface area contributed by atoms with Gasteiger partial charge < -0.3 is 29.9 Å². The highest BCUT2D eigenvalue weighted by Crippen LogP contribution is 2.02. The van der Waals surface area contributed by atoms with Gasteiger partial charge in [0.2, 0.25) is 0 Å². The van der Waals surface area contributed by atoms with E-state index >= 15 is 0 Å². The van der Waals surface area contributed by atoms with Crippen LogP contribution >= 0.6 is 0 Å². The lowest BCUT2D eigenvalue weighted by molar-refractivity contribution is -0.176. The van der Waals surface area contributed by atoms with Crippen LogP contribution in [0.4, 0.5) is 0 Å².